The Morgan fingerprint density at radius 1 is 1.39 bits per heavy atom. The van der Waals surface area contributed by atoms with Crippen LogP contribution in [0.5, 0.6) is 0 Å². The number of aliphatic carboxylic acids is 1. The Balaban J connectivity index is 1.44. The van der Waals surface area contributed by atoms with E-state index in [-0.39, 0.29) is 11.4 Å². The lowest BCUT2D eigenvalue weighted by atomic mass is 10.0. The molecule has 1 aromatic heterocycles. The molecule has 2 unspecified atom stereocenters. The number of benzene rings is 1. The predicted octanol–water partition coefficient (Wildman–Crippen LogP) is 0.749. The lowest BCUT2D eigenvalue weighted by Gasteiger charge is -2.49. The van der Waals surface area contributed by atoms with E-state index in [0.717, 1.165) is 6.26 Å². The summed E-state index contributed by atoms with van der Waals surface area (Å²) >= 11 is 3.94. The van der Waals surface area contributed by atoms with E-state index in [2.05, 4.69) is 19.4 Å². The molecule has 2 aliphatic rings. The number of thioether (sulfide) groups is 2. The van der Waals surface area contributed by atoms with Gasteiger partial charge in [0.2, 0.25) is 15.9 Å². The summed E-state index contributed by atoms with van der Waals surface area (Å²) in [5.74, 6) is -1.03. The fraction of sp³-hybridized carbons (Fsp3) is 0.350. The summed E-state index contributed by atoms with van der Waals surface area (Å²) in [7, 11) is -3.51. The first kappa shape index (κ1) is 26.4. The second kappa shape index (κ2) is 10.4. The van der Waals surface area contributed by atoms with Gasteiger partial charge in [0.15, 0.2) is 4.34 Å². The van der Waals surface area contributed by atoms with E-state index in [4.69, 9.17) is 5.73 Å². The van der Waals surface area contributed by atoms with Crippen LogP contribution in [0, 0.1) is 6.92 Å². The van der Waals surface area contributed by atoms with Crippen LogP contribution in [0.2, 0.25) is 0 Å². The van der Waals surface area contributed by atoms with E-state index >= 15 is 0 Å². The fourth-order valence-corrected chi connectivity index (χ4v) is 7.37. The van der Waals surface area contributed by atoms with E-state index < -0.39 is 45.3 Å². The monoisotopic (exact) mass is 570 g/mol. The number of nitrogens with two attached hydrogens (primary N) is 1. The van der Waals surface area contributed by atoms with Gasteiger partial charge in [-0.1, -0.05) is 23.9 Å². The maximum atomic E-state index is 12.9. The van der Waals surface area contributed by atoms with Crippen molar-refractivity contribution in [2.75, 3.05) is 22.5 Å². The minimum atomic E-state index is -3.51. The molecule has 1 aromatic carbocycles. The lowest BCUT2D eigenvalue weighted by molar-refractivity contribution is -0.150. The van der Waals surface area contributed by atoms with Crippen molar-refractivity contribution in [3.05, 3.63) is 46.9 Å². The number of carboxylic acid groups (broad SMARTS) is 1. The van der Waals surface area contributed by atoms with Gasteiger partial charge in [0.1, 0.15) is 29.0 Å². The van der Waals surface area contributed by atoms with Gasteiger partial charge in [0.25, 0.3) is 5.91 Å². The number of aromatic nitrogens is 2. The molecular weight excluding hydrogens is 549 g/mol. The smallest absolute Gasteiger partial charge is 0.352 e. The average Bonchev–Trinajstić information content (AvgIpc) is 3.23. The molecule has 0 spiro atoms. The fourth-order valence-electron chi connectivity index (χ4n) is 3.68. The SMILES string of the molecule is Cc1nsc(SCC2=C(C(=O)O)N3C(=O)C(NC(=O)C(N)c4cccc(NS(C)(=O)=O)c4)[C@@H]3SC2)n1. The van der Waals surface area contributed by atoms with Crippen molar-refractivity contribution >= 4 is 68.6 Å². The molecule has 0 aliphatic carbocycles. The number of sulfonamides is 1. The molecule has 1 saturated heterocycles. The largest absolute Gasteiger partial charge is 0.477 e. The van der Waals surface area contributed by atoms with Crippen molar-refractivity contribution in [3.8, 4) is 0 Å². The molecule has 2 amide bonds. The summed E-state index contributed by atoms with van der Waals surface area (Å²) in [6, 6.07) is 3.97. The van der Waals surface area contributed by atoms with Gasteiger partial charge >= 0.3 is 5.97 Å². The third-order valence-corrected chi connectivity index (χ3v) is 9.22. The molecule has 3 atom stereocenters. The molecule has 2 aromatic rings. The second-order valence-electron chi connectivity index (χ2n) is 8.03. The van der Waals surface area contributed by atoms with Crippen LogP contribution in [0.25, 0.3) is 0 Å². The third kappa shape index (κ3) is 5.67. The molecule has 36 heavy (non-hydrogen) atoms. The summed E-state index contributed by atoms with van der Waals surface area (Å²) < 4.78 is 30.1. The van der Waals surface area contributed by atoms with Crippen LogP contribution in [0.1, 0.15) is 17.4 Å². The van der Waals surface area contributed by atoms with Crippen LogP contribution >= 0.6 is 35.1 Å². The summed E-state index contributed by atoms with van der Waals surface area (Å²) in [4.78, 5) is 43.2. The Labute approximate surface area is 219 Å². The number of amides is 2. The van der Waals surface area contributed by atoms with Gasteiger partial charge in [-0.05, 0) is 41.7 Å². The van der Waals surface area contributed by atoms with E-state index in [1.165, 1.54) is 52.1 Å². The Bertz CT molecular complexity index is 1360. The van der Waals surface area contributed by atoms with Crippen LogP contribution in [-0.2, 0) is 24.4 Å². The Morgan fingerprint density at radius 2 is 2.14 bits per heavy atom. The summed E-state index contributed by atoms with van der Waals surface area (Å²) in [5.41, 5.74) is 7.17. The Kier molecular flexibility index (Phi) is 7.61. The van der Waals surface area contributed by atoms with Gasteiger partial charge in [-0.25, -0.2) is 18.2 Å². The lowest BCUT2D eigenvalue weighted by Crippen LogP contribution is -2.71. The van der Waals surface area contributed by atoms with E-state index in [0.29, 0.717) is 32.8 Å². The summed E-state index contributed by atoms with van der Waals surface area (Å²) in [6.07, 6.45) is 1.00. The standard InChI is InChI=1S/C20H22N6O6S4/c1-9-22-20(35-24-9)34-8-11-7-33-18-14(17(28)26(18)15(11)19(29)30)23-16(27)13(21)10-4-3-5-12(6-10)25-36(2,31)32/h3-6,13-14,18,25H,7-8,21H2,1-2H3,(H,23,27)(H,29,30)/t13?,14?,18-/m0/s1. The molecule has 16 heteroatoms. The highest BCUT2D eigenvalue weighted by atomic mass is 32.2. The van der Waals surface area contributed by atoms with E-state index in [1.807, 2.05) is 0 Å². The molecule has 12 nitrogen and oxygen atoms in total. The maximum Gasteiger partial charge on any atom is 0.352 e. The van der Waals surface area contributed by atoms with Crippen molar-refractivity contribution in [2.45, 2.75) is 28.7 Å². The zero-order valence-electron chi connectivity index (χ0n) is 19.0. The number of carbonyl (C=O) groups is 3. The highest BCUT2D eigenvalue weighted by Crippen LogP contribution is 2.41. The normalized spacial score (nSPS) is 20.4. The van der Waals surface area contributed by atoms with Crippen LogP contribution in [0.4, 0.5) is 5.69 Å². The quantitative estimate of drug-likeness (QED) is 0.246. The number of carboxylic acids is 1. The highest BCUT2D eigenvalue weighted by molar-refractivity contribution is 8.01. The number of anilines is 1. The number of carbonyl (C=O) groups excluding carboxylic acids is 2. The Morgan fingerprint density at radius 3 is 2.78 bits per heavy atom. The van der Waals surface area contributed by atoms with Crippen molar-refractivity contribution < 1.29 is 27.9 Å². The van der Waals surface area contributed by atoms with E-state index in [9.17, 15) is 27.9 Å². The van der Waals surface area contributed by atoms with Crippen LogP contribution in [0.3, 0.4) is 0 Å². The topological polar surface area (TPSA) is 185 Å². The van der Waals surface area contributed by atoms with Crippen molar-refractivity contribution in [3.63, 3.8) is 0 Å². The molecule has 192 valence electrons. The van der Waals surface area contributed by atoms with Gasteiger partial charge in [-0.15, -0.1) is 11.8 Å². The molecule has 3 heterocycles. The van der Waals surface area contributed by atoms with Crippen molar-refractivity contribution in [1.82, 2.24) is 19.6 Å². The van der Waals surface area contributed by atoms with Crippen molar-refractivity contribution in [2.24, 2.45) is 5.73 Å². The molecule has 5 N–H and O–H groups in total. The van der Waals surface area contributed by atoms with Crippen LogP contribution < -0.4 is 15.8 Å². The molecule has 0 bridgehead atoms. The number of rotatable bonds is 9. The average molecular weight is 571 g/mol. The number of hydrogen-bond donors (Lipinski definition) is 4. The van der Waals surface area contributed by atoms with Gasteiger partial charge in [-0.3, -0.25) is 19.2 Å². The highest BCUT2D eigenvalue weighted by Gasteiger charge is 2.54. The zero-order chi connectivity index (χ0) is 26.2. The number of nitrogens with zero attached hydrogens (tertiary/aromatic N) is 3. The number of aryl methyl sites for hydroxylation is 1. The number of β-lactam (4-membered cyclic amide) rings is 1. The molecule has 4 rings (SSSR count). The summed E-state index contributed by atoms with van der Waals surface area (Å²) in [5, 5.41) is 11.9. The number of fused-ring (bicyclic) bond motifs is 1. The van der Waals surface area contributed by atoms with Gasteiger partial charge < -0.3 is 16.2 Å². The van der Waals surface area contributed by atoms with Crippen molar-refractivity contribution in [1.29, 1.82) is 0 Å². The second-order valence-corrected chi connectivity index (χ2v) is 12.9. The minimum Gasteiger partial charge on any atom is -0.477 e. The molecule has 1 fully saturated rings. The minimum absolute atomic E-state index is 0.0770. The molecule has 2 aliphatic heterocycles. The van der Waals surface area contributed by atoms with E-state index in [1.54, 1.807) is 19.1 Å². The van der Waals surface area contributed by atoms with Gasteiger partial charge in [0, 0.05) is 17.2 Å². The molecular formula is C20H22N6O6S4. The molecule has 0 radical (unpaired) electrons. The first-order valence-corrected chi connectivity index (χ1v) is 15.1. The number of nitrogens with one attached hydrogen (secondary N) is 2. The number of hydrogen-bond acceptors (Lipinski definition) is 11. The first-order chi connectivity index (χ1) is 16.9. The third-order valence-electron chi connectivity index (χ3n) is 5.26. The zero-order valence-corrected chi connectivity index (χ0v) is 22.3. The van der Waals surface area contributed by atoms with Crippen LogP contribution in [0.15, 0.2) is 39.9 Å². The maximum absolute atomic E-state index is 12.9. The van der Waals surface area contributed by atoms with Gasteiger partial charge in [0.05, 0.1) is 6.26 Å². The van der Waals surface area contributed by atoms with Crippen LogP contribution in [-0.4, -0.2) is 74.7 Å². The summed E-state index contributed by atoms with van der Waals surface area (Å²) in [6.45, 7) is 1.77. The Hall–Kier alpha value is -2.66. The predicted molar refractivity (Wildman–Crippen MR) is 137 cm³/mol. The first-order valence-electron chi connectivity index (χ1n) is 10.4. The molecule has 0 saturated carbocycles. The van der Waals surface area contributed by atoms with Gasteiger partial charge in [-0.2, -0.15) is 4.37 Å².